The van der Waals surface area contributed by atoms with Gasteiger partial charge in [-0.3, -0.25) is 0 Å². The van der Waals surface area contributed by atoms with Crippen LogP contribution in [0.15, 0.2) is 48.5 Å². The first kappa shape index (κ1) is 15.8. The largest absolute Gasteiger partial charge is 0.309 e. The molecule has 1 heteroatoms. The van der Waals surface area contributed by atoms with Crippen LogP contribution in [0.3, 0.4) is 0 Å². The van der Waals surface area contributed by atoms with Crippen LogP contribution in [-0.4, -0.2) is 7.05 Å². The van der Waals surface area contributed by atoms with Gasteiger partial charge in [-0.25, -0.2) is 0 Å². The van der Waals surface area contributed by atoms with E-state index in [1.807, 2.05) is 7.05 Å². The summed E-state index contributed by atoms with van der Waals surface area (Å²) < 4.78 is 0. The molecule has 21 heavy (non-hydrogen) atoms. The van der Waals surface area contributed by atoms with Crippen LogP contribution in [0.2, 0.25) is 0 Å². The fraction of sp³-hybridized carbons (Fsp3) is 0.400. The van der Waals surface area contributed by atoms with Crippen LogP contribution >= 0.6 is 0 Å². The molecule has 0 aromatic heterocycles. The van der Waals surface area contributed by atoms with Crippen molar-refractivity contribution in [2.45, 2.75) is 39.7 Å². The van der Waals surface area contributed by atoms with Gasteiger partial charge in [0.2, 0.25) is 0 Å². The van der Waals surface area contributed by atoms with Crippen LogP contribution in [0.1, 0.15) is 49.1 Å². The lowest BCUT2D eigenvalue weighted by atomic mass is 9.95. The molecule has 0 aliphatic heterocycles. The Balaban J connectivity index is 2.19. The molecule has 0 heterocycles. The van der Waals surface area contributed by atoms with Crippen LogP contribution < -0.4 is 5.32 Å². The van der Waals surface area contributed by atoms with Gasteiger partial charge in [0.25, 0.3) is 0 Å². The quantitative estimate of drug-likeness (QED) is 0.805. The molecule has 0 aliphatic carbocycles. The van der Waals surface area contributed by atoms with Crippen molar-refractivity contribution in [1.82, 2.24) is 5.32 Å². The van der Waals surface area contributed by atoms with Gasteiger partial charge in [0.1, 0.15) is 0 Å². The van der Waals surface area contributed by atoms with Crippen LogP contribution in [0.5, 0.6) is 0 Å². The topological polar surface area (TPSA) is 12.0 Å². The van der Waals surface area contributed by atoms with Crippen LogP contribution in [-0.2, 0) is 12.8 Å². The first-order chi connectivity index (χ1) is 10.1. The molecular weight excluding hydrogens is 254 g/mol. The van der Waals surface area contributed by atoms with Crippen molar-refractivity contribution < 1.29 is 0 Å². The summed E-state index contributed by atoms with van der Waals surface area (Å²) in [5.74, 6) is 0.706. The molecule has 0 aliphatic rings. The third-order valence-electron chi connectivity index (χ3n) is 3.97. The van der Waals surface area contributed by atoms with E-state index in [1.54, 1.807) is 0 Å². The Morgan fingerprint density at radius 3 is 1.67 bits per heavy atom. The lowest BCUT2D eigenvalue weighted by Gasteiger charge is -2.18. The third-order valence-corrected chi connectivity index (χ3v) is 3.97. The van der Waals surface area contributed by atoms with E-state index in [0.29, 0.717) is 5.92 Å². The Bertz CT molecular complexity index is 537. The summed E-state index contributed by atoms with van der Waals surface area (Å²) in [4.78, 5) is 0. The summed E-state index contributed by atoms with van der Waals surface area (Å²) in [6.45, 7) is 6.72. The monoisotopic (exact) mass is 281 g/mol. The second kappa shape index (κ2) is 7.42. The van der Waals surface area contributed by atoms with Crippen molar-refractivity contribution in [2.24, 2.45) is 5.92 Å². The van der Waals surface area contributed by atoms with E-state index in [-0.39, 0.29) is 6.04 Å². The van der Waals surface area contributed by atoms with Crippen molar-refractivity contribution >= 4 is 0 Å². The molecule has 0 radical (unpaired) electrons. The summed E-state index contributed by atoms with van der Waals surface area (Å²) >= 11 is 0. The van der Waals surface area contributed by atoms with Gasteiger partial charge < -0.3 is 5.32 Å². The minimum Gasteiger partial charge on any atom is -0.309 e. The average molecular weight is 281 g/mol. The average Bonchev–Trinajstić information content (AvgIpc) is 2.50. The summed E-state index contributed by atoms with van der Waals surface area (Å²) in [6, 6.07) is 18.2. The molecule has 1 nitrogen and oxygen atoms in total. The first-order valence-electron chi connectivity index (χ1n) is 7.99. The summed E-state index contributed by atoms with van der Waals surface area (Å²) in [5, 5.41) is 3.43. The van der Waals surface area contributed by atoms with Gasteiger partial charge in [-0.2, -0.15) is 0 Å². The lowest BCUT2D eigenvalue weighted by Crippen LogP contribution is -2.17. The van der Waals surface area contributed by atoms with Gasteiger partial charge in [-0.1, -0.05) is 69.3 Å². The van der Waals surface area contributed by atoms with Crippen LogP contribution in [0.4, 0.5) is 0 Å². The second-order valence-corrected chi connectivity index (χ2v) is 6.16. The van der Waals surface area contributed by atoms with Gasteiger partial charge in [-0.15, -0.1) is 0 Å². The SMILES string of the molecule is CCc1ccc(C(NC)c2ccc(CC(C)C)cc2)cc1. The third kappa shape index (κ3) is 4.18. The van der Waals surface area contributed by atoms with E-state index in [1.165, 1.54) is 22.3 Å². The summed E-state index contributed by atoms with van der Waals surface area (Å²) in [6.07, 6.45) is 2.24. The molecule has 0 amide bonds. The predicted molar refractivity (Wildman–Crippen MR) is 91.7 cm³/mol. The summed E-state index contributed by atoms with van der Waals surface area (Å²) in [5.41, 5.74) is 5.46. The number of hydrogen-bond acceptors (Lipinski definition) is 1. The maximum atomic E-state index is 3.43. The van der Waals surface area contributed by atoms with Crippen molar-refractivity contribution in [3.8, 4) is 0 Å². The molecule has 0 saturated heterocycles. The maximum absolute atomic E-state index is 3.43. The maximum Gasteiger partial charge on any atom is 0.0574 e. The predicted octanol–water partition coefficient (Wildman–Crippen LogP) is 4.76. The fourth-order valence-corrected chi connectivity index (χ4v) is 2.79. The first-order valence-corrected chi connectivity index (χ1v) is 7.99. The Kier molecular flexibility index (Phi) is 5.58. The van der Waals surface area contributed by atoms with Gasteiger partial charge in [0, 0.05) is 0 Å². The normalized spacial score (nSPS) is 12.6. The molecule has 112 valence electrons. The van der Waals surface area contributed by atoms with E-state index < -0.39 is 0 Å². The number of benzene rings is 2. The van der Waals surface area contributed by atoms with E-state index in [0.717, 1.165) is 12.8 Å². The number of hydrogen-bond donors (Lipinski definition) is 1. The van der Waals surface area contributed by atoms with Crippen LogP contribution in [0.25, 0.3) is 0 Å². The molecular formula is C20H27N. The van der Waals surface area contributed by atoms with Crippen molar-refractivity contribution in [3.05, 3.63) is 70.8 Å². The molecule has 0 fully saturated rings. The van der Waals surface area contributed by atoms with E-state index in [2.05, 4.69) is 74.6 Å². The summed E-state index contributed by atoms with van der Waals surface area (Å²) in [7, 11) is 2.03. The highest BCUT2D eigenvalue weighted by molar-refractivity contribution is 5.35. The molecule has 0 bridgehead atoms. The second-order valence-electron chi connectivity index (χ2n) is 6.16. The van der Waals surface area contributed by atoms with Gasteiger partial charge in [0.05, 0.1) is 6.04 Å². The minimum absolute atomic E-state index is 0.268. The Morgan fingerprint density at radius 2 is 1.29 bits per heavy atom. The molecule has 0 saturated carbocycles. The zero-order valence-corrected chi connectivity index (χ0v) is 13.7. The molecule has 2 aromatic carbocycles. The van der Waals surface area contributed by atoms with E-state index >= 15 is 0 Å². The smallest absolute Gasteiger partial charge is 0.0574 e. The molecule has 1 atom stereocenters. The molecule has 1 unspecified atom stereocenters. The van der Waals surface area contributed by atoms with Gasteiger partial charge >= 0.3 is 0 Å². The Labute approximate surface area is 129 Å². The lowest BCUT2D eigenvalue weighted by molar-refractivity contribution is 0.645. The number of nitrogens with one attached hydrogen (secondary N) is 1. The van der Waals surface area contributed by atoms with Gasteiger partial charge in [-0.05, 0) is 48.1 Å². The standard InChI is InChI=1S/C20H27N/c1-5-16-6-10-18(11-7-16)20(21-4)19-12-8-17(9-13-19)14-15(2)3/h6-13,15,20-21H,5,14H2,1-4H3. The highest BCUT2D eigenvalue weighted by Crippen LogP contribution is 2.23. The van der Waals surface area contributed by atoms with Crippen molar-refractivity contribution in [3.63, 3.8) is 0 Å². The molecule has 2 rings (SSSR count). The highest BCUT2D eigenvalue weighted by atomic mass is 14.9. The van der Waals surface area contributed by atoms with Crippen molar-refractivity contribution in [2.75, 3.05) is 7.05 Å². The fourth-order valence-electron chi connectivity index (χ4n) is 2.79. The van der Waals surface area contributed by atoms with Crippen molar-refractivity contribution in [1.29, 1.82) is 0 Å². The molecule has 1 N–H and O–H groups in total. The Morgan fingerprint density at radius 1 is 0.810 bits per heavy atom. The van der Waals surface area contributed by atoms with E-state index in [4.69, 9.17) is 0 Å². The van der Waals surface area contributed by atoms with Crippen LogP contribution in [0, 0.1) is 5.92 Å². The Hall–Kier alpha value is -1.60. The molecule has 0 spiro atoms. The zero-order valence-electron chi connectivity index (χ0n) is 13.7. The van der Waals surface area contributed by atoms with E-state index in [9.17, 15) is 0 Å². The number of aryl methyl sites for hydroxylation is 1. The van der Waals surface area contributed by atoms with Gasteiger partial charge in [0.15, 0.2) is 0 Å². The zero-order chi connectivity index (χ0) is 15.2. The highest BCUT2D eigenvalue weighted by Gasteiger charge is 2.11. The minimum atomic E-state index is 0.268. The number of rotatable bonds is 6. The molecule has 2 aromatic rings.